The molecule has 164 valence electrons. The van der Waals surface area contributed by atoms with E-state index in [1.807, 2.05) is 0 Å². The molecule has 3 rings (SSSR count). The number of nitrogens with zero attached hydrogens (tertiary/aromatic N) is 1. The molecule has 2 amide bonds. The van der Waals surface area contributed by atoms with Crippen LogP contribution in [0.2, 0.25) is 0 Å². The molecule has 1 aliphatic rings. The highest BCUT2D eigenvalue weighted by molar-refractivity contribution is 6.15. The van der Waals surface area contributed by atoms with E-state index in [0.29, 0.717) is 54.2 Å². The number of hydrogen-bond acceptors (Lipinski definition) is 4. The van der Waals surface area contributed by atoms with Gasteiger partial charge < -0.3 is 14.8 Å². The van der Waals surface area contributed by atoms with Gasteiger partial charge in [0.05, 0.1) is 19.6 Å². The number of fused-ring (bicyclic) bond motifs is 1. The molecular formula is C25H30N2O4. The van der Waals surface area contributed by atoms with Gasteiger partial charge in [-0.1, -0.05) is 38.1 Å². The Hall–Kier alpha value is -3.15. The minimum atomic E-state index is -0.223. The first-order valence-electron chi connectivity index (χ1n) is 10.7. The second-order valence-electron chi connectivity index (χ2n) is 8.00. The normalized spacial score (nSPS) is 12.5. The second kappa shape index (κ2) is 10.2. The SMILES string of the molecule is COc1cc2c(cc1OC)=C(CCCCC(=O)NCc1ccc(C(C)C)cc1)C(=O)N=2. The molecule has 0 bridgehead atoms. The third-order valence-electron chi connectivity index (χ3n) is 5.52. The summed E-state index contributed by atoms with van der Waals surface area (Å²) in [5, 5.41) is 4.37. The fourth-order valence-corrected chi connectivity index (χ4v) is 3.63. The standard InChI is InChI=1S/C25H30N2O4/c1-16(2)18-11-9-17(10-12-18)15-26-24(28)8-6-5-7-19-20-13-22(30-3)23(31-4)14-21(20)27-25(19)29/h9-14,16H,5-8,15H2,1-4H3,(H,26,28). The number of rotatable bonds is 10. The topological polar surface area (TPSA) is 77.0 Å². The van der Waals surface area contributed by atoms with Crippen LogP contribution >= 0.6 is 0 Å². The molecule has 0 fully saturated rings. The Labute approximate surface area is 183 Å². The lowest BCUT2D eigenvalue weighted by atomic mass is 10.0. The molecular weight excluding hydrogens is 392 g/mol. The van der Waals surface area contributed by atoms with Crippen LogP contribution in [-0.4, -0.2) is 26.0 Å². The molecule has 0 spiro atoms. The van der Waals surface area contributed by atoms with E-state index in [4.69, 9.17) is 9.47 Å². The van der Waals surface area contributed by atoms with E-state index < -0.39 is 0 Å². The number of amides is 2. The average molecular weight is 423 g/mol. The quantitative estimate of drug-likeness (QED) is 0.597. The summed E-state index contributed by atoms with van der Waals surface area (Å²) in [6, 6.07) is 11.9. The molecule has 0 aromatic heterocycles. The first-order chi connectivity index (χ1) is 14.9. The Bertz CT molecular complexity index is 1070. The van der Waals surface area contributed by atoms with E-state index in [1.54, 1.807) is 26.4 Å². The largest absolute Gasteiger partial charge is 0.493 e. The predicted molar refractivity (Wildman–Crippen MR) is 120 cm³/mol. The highest BCUT2D eigenvalue weighted by atomic mass is 16.5. The van der Waals surface area contributed by atoms with E-state index in [9.17, 15) is 9.59 Å². The number of unbranched alkanes of at least 4 members (excludes halogenated alkanes) is 1. The van der Waals surface area contributed by atoms with Crippen molar-refractivity contribution in [2.45, 2.75) is 52.0 Å². The van der Waals surface area contributed by atoms with Crippen LogP contribution in [0, 0.1) is 0 Å². The van der Waals surface area contributed by atoms with Gasteiger partial charge in [-0.25, -0.2) is 4.99 Å². The molecule has 0 radical (unpaired) electrons. The van der Waals surface area contributed by atoms with Gasteiger partial charge in [0.15, 0.2) is 11.5 Å². The Balaban J connectivity index is 1.50. The number of benzene rings is 2. The van der Waals surface area contributed by atoms with Crippen molar-refractivity contribution in [2.75, 3.05) is 14.2 Å². The molecule has 6 nitrogen and oxygen atoms in total. The van der Waals surface area contributed by atoms with Crippen molar-refractivity contribution in [1.82, 2.24) is 5.32 Å². The summed E-state index contributed by atoms with van der Waals surface area (Å²) in [6.45, 7) is 4.85. The molecule has 2 aromatic rings. The van der Waals surface area contributed by atoms with Gasteiger partial charge >= 0.3 is 0 Å². The number of carbonyl (C=O) groups is 2. The summed E-state index contributed by atoms with van der Waals surface area (Å²) >= 11 is 0. The minimum absolute atomic E-state index is 0.0205. The van der Waals surface area contributed by atoms with Crippen molar-refractivity contribution in [3.05, 3.63) is 58.1 Å². The molecule has 31 heavy (non-hydrogen) atoms. The minimum Gasteiger partial charge on any atom is -0.493 e. The molecule has 1 aliphatic heterocycles. The molecule has 0 aliphatic carbocycles. The lowest BCUT2D eigenvalue weighted by molar-refractivity contribution is -0.121. The third kappa shape index (κ3) is 5.51. The molecule has 6 heteroatoms. The number of ether oxygens (including phenoxy) is 2. The predicted octanol–water partition coefficient (Wildman–Crippen LogP) is 3.01. The molecule has 1 N–H and O–H groups in total. The zero-order chi connectivity index (χ0) is 22.4. The van der Waals surface area contributed by atoms with Crippen LogP contribution in [-0.2, 0) is 16.1 Å². The van der Waals surface area contributed by atoms with E-state index in [2.05, 4.69) is 48.4 Å². The number of carbonyl (C=O) groups excluding carboxylic acids is 2. The fourth-order valence-electron chi connectivity index (χ4n) is 3.63. The van der Waals surface area contributed by atoms with Crippen molar-refractivity contribution in [3.8, 4) is 11.5 Å². The first-order valence-corrected chi connectivity index (χ1v) is 10.7. The van der Waals surface area contributed by atoms with Crippen LogP contribution < -0.4 is 25.4 Å². The van der Waals surface area contributed by atoms with E-state index in [1.165, 1.54) is 5.56 Å². The Morgan fingerprint density at radius 2 is 1.71 bits per heavy atom. The van der Waals surface area contributed by atoms with Gasteiger partial charge in [0.1, 0.15) is 0 Å². The summed E-state index contributed by atoms with van der Waals surface area (Å²) in [6.07, 6.45) is 2.45. The van der Waals surface area contributed by atoms with Gasteiger partial charge in [0, 0.05) is 29.8 Å². The first kappa shape index (κ1) is 22.5. The summed E-state index contributed by atoms with van der Waals surface area (Å²) < 4.78 is 10.6. The second-order valence-corrected chi connectivity index (χ2v) is 8.00. The lowest BCUT2D eigenvalue weighted by Gasteiger charge is -2.08. The van der Waals surface area contributed by atoms with Crippen LogP contribution in [0.5, 0.6) is 11.5 Å². The van der Waals surface area contributed by atoms with Gasteiger partial charge in [-0.15, -0.1) is 0 Å². The van der Waals surface area contributed by atoms with Gasteiger partial charge in [0.25, 0.3) is 5.91 Å². The Kier molecular flexibility index (Phi) is 7.45. The van der Waals surface area contributed by atoms with Crippen LogP contribution in [0.4, 0.5) is 0 Å². The highest BCUT2D eigenvalue weighted by Gasteiger charge is 2.18. The number of methoxy groups -OCH3 is 2. The molecule has 0 saturated heterocycles. The average Bonchev–Trinajstić information content (AvgIpc) is 3.08. The number of nitrogens with one attached hydrogen (secondary N) is 1. The van der Waals surface area contributed by atoms with Crippen molar-refractivity contribution in [3.63, 3.8) is 0 Å². The van der Waals surface area contributed by atoms with Gasteiger partial charge in [-0.2, -0.15) is 0 Å². The lowest BCUT2D eigenvalue weighted by Crippen LogP contribution is -2.24. The summed E-state index contributed by atoms with van der Waals surface area (Å²) in [5.74, 6) is 1.42. The molecule has 0 unspecified atom stereocenters. The summed E-state index contributed by atoms with van der Waals surface area (Å²) in [4.78, 5) is 28.6. The third-order valence-corrected chi connectivity index (χ3v) is 5.52. The maximum absolute atomic E-state index is 12.3. The fraction of sp³-hybridized carbons (Fsp3) is 0.400. The van der Waals surface area contributed by atoms with E-state index >= 15 is 0 Å². The zero-order valence-corrected chi connectivity index (χ0v) is 18.7. The summed E-state index contributed by atoms with van der Waals surface area (Å²) in [5.41, 5.74) is 3.05. The van der Waals surface area contributed by atoms with Crippen molar-refractivity contribution in [1.29, 1.82) is 0 Å². The van der Waals surface area contributed by atoms with Crippen LogP contribution in [0.15, 0.2) is 41.4 Å². The Morgan fingerprint density at radius 3 is 2.35 bits per heavy atom. The van der Waals surface area contributed by atoms with Crippen molar-refractivity contribution in [2.24, 2.45) is 4.99 Å². The van der Waals surface area contributed by atoms with Crippen molar-refractivity contribution < 1.29 is 19.1 Å². The molecule has 2 aromatic carbocycles. The smallest absolute Gasteiger partial charge is 0.274 e. The highest BCUT2D eigenvalue weighted by Crippen LogP contribution is 2.23. The van der Waals surface area contributed by atoms with Gasteiger partial charge in [-0.3, -0.25) is 9.59 Å². The monoisotopic (exact) mass is 422 g/mol. The Morgan fingerprint density at radius 1 is 1.03 bits per heavy atom. The molecule has 1 heterocycles. The van der Waals surface area contributed by atoms with Crippen LogP contribution in [0.1, 0.15) is 56.6 Å². The maximum Gasteiger partial charge on any atom is 0.274 e. The van der Waals surface area contributed by atoms with Gasteiger partial charge in [0.2, 0.25) is 5.91 Å². The molecule has 0 saturated carbocycles. The number of hydrogen-bond donors (Lipinski definition) is 1. The van der Waals surface area contributed by atoms with Crippen LogP contribution in [0.25, 0.3) is 5.57 Å². The van der Waals surface area contributed by atoms with E-state index in [-0.39, 0.29) is 11.8 Å². The molecule has 0 atom stereocenters. The van der Waals surface area contributed by atoms with Crippen LogP contribution in [0.3, 0.4) is 0 Å². The maximum atomic E-state index is 12.3. The summed E-state index contributed by atoms with van der Waals surface area (Å²) in [7, 11) is 3.12. The van der Waals surface area contributed by atoms with E-state index in [0.717, 1.165) is 17.2 Å². The van der Waals surface area contributed by atoms with Gasteiger partial charge in [-0.05, 0) is 42.4 Å². The van der Waals surface area contributed by atoms with Crippen molar-refractivity contribution >= 4 is 17.4 Å². The zero-order valence-electron chi connectivity index (χ0n) is 18.7.